The van der Waals surface area contributed by atoms with Gasteiger partial charge >= 0.3 is 12.1 Å². The summed E-state index contributed by atoms with van der Waals surface area (Å²) in [5.74, 6) is -1.15. The van der Waals surface area contributed by atoms with Crippen LogP contribution in [0, 0.1) is 0 Å². The zero-order valence-corrected chi connectivity index (χ0v) is 20.6. The van der Waals surface area contributed by atoms with Crippen molar-refractivity contribution in [2.75, 3.05) is 6.61 Å². The van der Waals surface area contributed by atoms with Crippen LogP contribution < -0.4 is 10.6 Å². The highest BCUT2D eigenvalue weighted by Crippen LogP contribution is 2.44. The number of benzene rings is 2. The molecule has 8 heteroatoms. The maximum atomic E-state index is 13.1. The van der Waals surface area contributed by atoms with Crippen LogP contribution in [0.5, 0.6) is 0 Å². The second kappa shape index (κ2) is 10.8. The van der Waals surface area contributed by atoms with Crippen molar-refractivity contribution >= 4 is 18.0 Å². The fraction of sp³-hybridized carbons (Fsp3) is 0.310. The number of rotatable bonds is 9. The minimum Gasteiger partial charge on any atom is -0.450 e. The summed E-state index contributed by atoms with van der Waals surface area (Å²) in [6, 6.07) is 19.0. The van der Waals surface area contributed by atoms with Crippen molar-refractivity contribution in [3.05, 3.63) is 89.7 Å². The van der Waals surface area contributed by atoms with Gasteiger partial charge in [0.15, 0.2) is 0 Å². The van der Waals surface area contributed by atoms with Crippen LogP contribution in [0.4, 0.5) is 4.79 Å². The number of amides is 2. The molecule has 5 rings (SSSR count). The summed E-state index contributed by atoms with van der Waals surface area (Å²) in [7, 11) is 0. The third-order valence-electron chi connectivity index (χ3n) is 6.67. The van der Waals surface area contributed by atoms with E-state index in [1.807, 2.05) is 42.5 Å². The van der Waals surface area contributed by atoms with Crippen LogP contribution in [0.1, 0.15) is 42.4 Å². The molecule has 1 fully saturated rings. The van der Waals surface area contributed by atoms with Gasteiger partial charge in [0.25, 0.3) is 5.91 Å². The zero-order chi connectivity index (χ0) is 25.8. The van der Waals surface area contributed by atoms with E-state index in [0.717, 1.165) is 40.7 Å². The van der Waals surface area contributed by atoms with Crippen LogP contribution in [0.3, 0.4) is 0 Å². The number of pyridine rings is 1. The number of alkyl carbamates (subject to hydrolysis) is 1. The molecule has 2 aromatic carbocycles. The van der Waals surface area contributed by atoms with Crippen LogP contribution in [0.15, 0.2) is 73.1 Å². The topological polar surface area (TPSA) is 107 Å². The maximum Gasteiger partial charge on any atom is 0.407 e. The summed E-state index contributed by atoms with van der Waals surface area (Å²) < 4.78 is 11.1. The quantitative estimate of drug-likeness (QED) is 0.435. The average molecular weight is 500 g/mol. The van der Waals surface area contributed by atoms with Crippen molar-refractivity contribution < 1.29 is 23.9 Å². The van der Waals surface area contributed by atoms with Crippen LogP contribution in [0.25, 0.3) is 11.1 Å². The summed E-state index contributed by atoms with van der Waals surface area (Å²) in [5, 5.41) is 5.66. The average Bonchev–Trinajstić information content (AvgIpc) is 3.66. The second-order valence-electron chi connectivity index (χ2n) is 9.45. The van der Waals surface area contributed by atoms with Gasteiger partial charge in [-0.15, -0.1) is 0 Å². The highest BCUT2D eigenvalue weighted by Gasteiger charge is 2.36. The van der Waals surface area contributed by atoms with Crippen LogP contribution in [0.2, 0.25) is 0 Å². The van der Waals surface area contributed by atoms with Crippen molar-refractivity contribution in [1.29, 1.82) is 0 Å². The maximum absolute atomic E-state index is 13.1. The molecule has 3 aromatic rings. The first-order valence-corrected chi connectivity index (χ1v) is 12.5. The predicted octanol–water partition coefficient (Wildman–Crippen LogP) is 3.74. The second-order valence-corrected chi connectivity index (χ2v) is 9.45. The largest absolute Gasteiger partial charge is 0.450 e. The Labute approximate surface area is 215 Å². The van der Waals surface area contributed by atoms with E-state index in [1.54, 1.807) is 18.5 Å². The number of nitrogens with zero attached hydrogens (tertiary/aromatic N) is 1. The van der Waals surface area contributed by atoms with E-state index in [0.29, 0.717) is 0 Å². The van der Waals surface area contributed by atoms with E-state index in [2.05, 4.69) is 27.8 Å². The molecule has 1 heterocycles. The summed E-state index contributed by atoms with van der Waals surface area (Å²) in [6.07, 6.45) is 3.38. The summed E-state index contributed by atoms with van der Waals surface area (Å²) in [4.78, 5) is 42.0. The lowest BCUT2D eigenvalue weighted by molar-refractivity contribution is -0.155. The van der Waals surface area contributed by atoms with Gasteiger partial charge < -0.3 is 20.1 Å². The lowest BCUT2D eigenvalue weighted by atomic mass is 9.98. The Balaban J connectivity index is 1.32. The Morgan fingerprint density at radius 2 is 1.65 bits per heavy atom. The smallest absolute Gasteiger partial charge is 0.407 e. The number of esters is 1. The van der Waals surface area contributed by atoms with Gasteiger partial charge in [-0.05, 0) is 53.1 Å². The minimum atomic E-state index is -1.21. The van der Waals surface area contributed by atoms with Crippen molar-refractivity contribution in [3.8, 4) is 11.1 Å². The van der Waals surface area contributed by atoms with Crippen molar-refractivity contribution in [2.45, 2.75) is 50.3 Å². The Morgan fingerprint density at radius 1 is 0.973 bits per heavy atom. The molecule has 0 saturated heterocycles. The monoisotopic (exact) mass is 499 g/mol. The highest BCUT2D eigenvalue weighted by atomic mass is 16.6. The Bertz CT molecular complexity index is 1250. The molecule has 2 aliphatic carbocycles. The normalized spacial score (nSPS) is 15.6. The molecular formula is C29H29N3O5. The predicted molar refractivity (Wildman–Crippen MR) is 137 cm³/mol. The van der Waals surface area contributed by atoms with E-state index in [1.165, 1.54) is 6.92 Å². The molecule has 190 valence electrons. The third kappa shape index (κ3) is 5.80. The van der Waals surface area contributed by atoms with E-state index in [9.17, 15) is 14.4 Å². The van der Waals surface area contributed by atoms with Crippen molar-refractivity contribution in [3.63, 3.8) is 0 Å². The summed E-state index contributed by atoms with van der Waals surface area (Å²) in [5.41, 5.74) is 5.25. The number of carbonyl (C=O) groups excluding carboxylic acids is 3. The molecule has 0 bridgehead atoms. The molecule has 8 nitrogen and oxygen atoms in total. The summed E-state index contributed by atoms with van der Waals surface area (Å²) >= 11 is 0. The van der Waals surface area contributed by atoms with E-state index < -0.39 is 30.1 Å². The molecule has 37 heavy (non-hydrogen) atoms. The van der Waals surface area contributed by atoms with Crippen molar-refractivity contribution in [1.82, 2.24) is 15.6 Å². The number of carbonyl (C=O) groups is 3. The van der Waals surface area contributed by atoms with E-state index in [4.69, 9.17) is 9.47 Å². The first-order valence-electron chi connectivity index (χ1n) is 12.5. The molecule has 2 N–H and O–H groups in total. The van der Waals surface area contributed by atoms with Gasteiger partial charge in [-0.3, -0.25) is 14.6 Å². The Hall–Kier alpha value is -4.20. The third-order valence-corrected chi connectivity index (χ3v) is 6.67. The van der Waals surface area contributed by atoms with E-state index in [-0.39, 0.29) is 25.0 Å². The number of nitrogens with one attached hydrogen (secondary N) is 2. The molecule has 1 aromatic heterocycles. The summed E-state index contributed by atoms with van der Waals surface area (Å²) in [6.45, 7) is 1.37. The molecular weight excluding hydrogens is 470 g/mol. The number of aromatic nitrogens is 1. The molecule has 2 aliphatic rings. The number of fused-ring (bicyclic) bond motifs is 3. The van der Waals surface area contributed by atoms with Crippen LogP contribution in [-0.2, 0) is 25.5 Å². The first-order chi connectivity index (χ1) is 18.0. The lowest BCUT2D eigenvalue weighted by Crippen LogP contribution is -2.54. The number of ether oxygens (including phenoxy) is 2. The molecule has 0 radical (unpaired) electrons. The van der Waals surface area contributed by atoms with Gasteiger partial charge in [-0.2, -0.15) is 0 Å². The Kier molecular flexibility index (Phi) is 7.16. The van der Waals surface area contributed by atoms with Crippen molar-refractivity contribution in [2.24, 2.45) is 0 Å². The van der Waals surface area contributed by atoms with Gasteiger partial charge in [0.05, 0.1) is 6.04 Å². The molecule has 1 saturated carbocycles. The van der Waals surface area contributed by atoms with Gasteiger partial charge in [-0.1, -0.05) is 54.6 Å². The van der Waals surface area contributed by atoms with Gasteiger partial charge in [-0.25, -0.2) is 4.79 Å². The molecule has 2 amide bonds. The molecule has 0 spiro atoms. The lowest BCUT2D eigenvalue weighted by Gasteiger charge is -2.27. The zero-order valence-electron chi connectivity index (χ0n) is 20.6. The minimum absolute atomic E-state index is 0.0686. The standard InChI is InChI=1S/C29H29N3O5/c1-18(33)37-27(28(34)31-20-12-13-20)26(15-19-7-6-14-30-16-19)32-29(35)36-17-25-23-10-4-2-8-21(23)22-9-3-5-11-24(22)25/h2-11,14,16,20,25-27H,12-13,15,17H2,1H3,(H,31,34)(H,32,35)/t26-,27?/m0/s1. The van der Waals surface area contributed by atoms with Crippen LogP contribution in [-0.4, -0.2) is 47.7 Å². The highest BCUT2D eigenvalue weighted by molar-refractivity contribution is 5.85. The van der Waals surface area contributed by atoms with Gasteiger partial charge in [0.2, 0.25) is 6.10 Å². The molecule has 1 unspecified atom stereocenters. The van der Waals surface area contributed by atoms with Gasteiger partial charge in [0.1, 0.15) is 6.61 Å². The number of hydrogen-bond acceptors (Lipinski definition) is 6. The van der Waals surface area contributed by atoms with Crippen LogP contribution >= 0.6 is 0 Å². The molecule has 2 atom stereocenters. The fourth-order valence-corrected chi connectivity index (χ4v) is 4.81. The first kappa shape index (κ1) is 24.5. The fourth-order valence-electron chi connectivity index (χ4n) is 4.81. The SMILES string of the molecule is CC(=O)OC(C(=O)NC1CC1)[C@H](Cc1cccnc1)NC(=O)OCC1c2ccccc2-c2ccccc21. The Morgan fingerprint density at radius 3 is 2.24 bits per heavy atom. The van der Waals surface area contributed by atoms with Gasteiger partial charge in [0, 0.05) is 31.3 Å². The number of hydrogen-bond donors (Lipinski definition) is 2. The molecule has 0 aliphatic heterocycles. The van der Waals surface area contributed by atoms with E-state index >= 15 is 0 Å².